The monoisotopic (exact) mass is 394 g/mol. The molecule has 0 spiro atoms. The number of likely N-dealkylation sites (tertiary alicyclic amines) is 1. The number of para-hydroxylation sites is 2. The lowest BCUT2D eigenvalue weighted by atomic mass is 10.0. The van der Waals surface area contributed by atoms with Gasteiger partial charge in [0.05, 0.1) is 31.6 Å². The topological polar surface area (TPSA) is 68.6 Å². The lowest BCUT2D eigenvalue weighted by Crippen LogP contribution is -2.46. The summed E-state index contributed by atoms with van der Waals surface area (Å²) in [7, 11) is 3.25. The molecular weight excluding hydrogens is 368 g/mol. The first-order valence-electron chi connectivity index (χ1n) is 9.84. The van der Waals surface area contributed by atoms with Crippen molar-refractivity contribution in [3.63, 3.8) is 0 Å². The summed E-state index contributed by atoms with van der Waals surface area (Å²) >= 11 is 0. The molecule has 0 unspecified atom stereocenters. The van der Waals surface area contributed by atoms with Gasteiger partial charge in [-0.3, -0.25) is 4.79 Å². The number of piperidine rings is 1. The van der Waals surface area contributed by atoms with E-state index in [1.807, 2.05) is 51.9 Å². The van der Waals surface area contributed by atoms with Crippen LogP contribution in [0.15, 0.2) is 48.8 Å². The van der Waals surface area contributed by atoms with E-state index in [1.54, 1.807) is 20.5 Å². The number of fused-ring (bicyclic) bond motifs is 1. The van der Waals surface area contributed by atoms with Gasteiger partial charge in [0.1, 0.15) is 6.54 Å². The molecule has 1 aliphatic rings. The molecule has 0 saturated carbocycles. The number of amides is 1. The highest BCUT2D eigenvalue weighted by molar-refractivity contribution is 5.80. The van der Waals surface area contributed by atoms with Crippen molar-refractivity contribution in [1.82, 2.24) is 14.5 Å². The summed E-state index contributed by atoms with van der Waals surface area (Å²) in [4.78, 5) is 19.2. The summed E-state index contributed by atoms with van der Waals surface area (Å²) < 4.78 is 12.6. The molecular formula is C22H26N4O3. The highest BCUT2D eigenvalue weighted by Crippen LogP contribution is 2.30. The van der Waals surface area contributed by atoms with E-state index in [2.05, 4.69) is 10.3 Å². The first-order valence-corrected chi connectivity index (χ1v) is 9.84. The van der Waals surface area contributed by atoms with Crippen LogP contribution in [0.5, 0.6) is 11.5 Å². The van der Waals surface area contributed by atoms with Crippen molar-refractivity contribution in [2.45, 2.75) is 25.4 Å². The standard InChI is InChI=1S/C22H26N4O3/c1-28-20-10-9-16(12-21(20)29-2)24-17-6-5-11-25(13-17)22(27)14-26-15-23-18-7-3-4-8-19(18)26/h3-4,7-10,12,15,17,24H,5-6,11,13-14H2,1-2H3/t17-/m0/s1. The molecule has 29 heavy (non-hydrogen) atoms. The van der Waals surface area contributed by atoms with Gasteiger partial charge in [-0.15, -0.1) is 0 Å². The van der Waals surface area contributed by atoms with Crippen molar-refractivity contribution in [2.75, 3.05) is 32.6 Å². The van der Waals surface area contributed by atoms with Crippen LogP contribution in [0.25, 0.3) is 11.0 Å². The number of nitrogens with one attached hydrogen (secondary N) is 1. The number of methoxy groups -OCH3 is 2. The molecule has 1 saturated heterocycles. The number of carbonyl (C=O) groups is 1. The minimum atomic E-state index is 0.118. The summed E-state index contributed by atoms with van der Waals surface area (Å²) in [6.45, 7) is 1.78. The molecule has 3 aromatic rings. The molecule has 1 N–H and O–H groups in total. The zero-order chi connectivity index (χ0) is 20.2. The Balaban J connectivity index is 1.41. The Labute approximate surface area is 170 Å². The van der Waals surface area contributed by atoms with Gasteiger partial charge in [-0.05, 0) is 37.1 Å². The van der Waals surface area contributed by atoms with Crippen molar-refractivity contribution < 1.29 is 14.3 Å². The van der Waals surface area contributed by atoms with Crippen LogP contribution < -0.4 is 14.8 Å². The fourth-order valence-corrected chi connectivity index (χ4v) is 3.87. The zero-order valence-electron chi connectivity index (χ0n) is 16.8. The van der Waals surface area contributed by atoms with E-state index >= 15 is 0 Å². The molecule has 7 heteroatoms. The Morgan fingerprint density at radius 2 is 2.00 bits per heavy atom. The SMILES string of the molecule is COc1ccc(N[C@H]2CCCN(C(=O)Cn3cnc4ccccc43)C2)cc1OC. The van der Waals surface area contributed by atoms with E-state index in [9.17, 15) is 4.79 Å². The summed E-state index contributed by atoms with van der Waals surface area (Å²) in [6.07, 6.45) is 3.74. The maximum absolute atomic E-state index is 12.9. The number of imidazole rings is 1. The quantitative estimate of drug-likeness (QED) is 0.696. The Hall–Kier alpha value is -3.22. The number of ether oxygens (including phenoxy) is 2. The van der Waals surface area contributed by atoms with Gasteiger partial charge in [0.15, 0.2) is 11.5 Å². The molecule has 2 heterocycles. The summed E-state index contributed by atoms with van der Waals surface area (Å²) in [5.41, 5.74) is 2.85. The fourth-order valence-electron chi connectivity index (χ4n) is 3.87. The minimum absolute atomic E-state index is 0.118. The average Bonchev–Trinajstić information content (AvgIpc) is 3.16. The second-order valence-corrected chi connectivity index (χ2v) is 7.25. The molecule has 152 valence electrons. The molecule has 1 fully saturated rings. The van der Waals surface area contributed by atoms with Crippen LogP contribution in [0.1, 0.15) is 12.8 Å². The van der Waals surface area contributed by atoms with Gasteiger partial charge in [0.2, 0.25) is 5.91 Å². The van der Waals surface area contributed by atoms with E-state index in [0.29, 0.717) is 24.6 Å². The molecule has 0 aliphatic carbocycles. The van der Waals surface area contributed by atoms with Gasteiger partial charge in [-0.2, -0.15) is 0 Å². The third-order valence-electron chi connectivity index (χ3n) is 5.36. The van der Waals surface area contributed by atoms with Crippen LogP contribution in [-0.4, -0.2) is 53.7 Å². The van der Waals surface area contributed by atoms with Crippen LogP contribution in [-0.2, 0) is 11.3 Å². The number of hydrogen-bond donors (Lipinski definition) is 1. The minimum Gasteiger partial charge on any atom is -0.493 e. The lowest BCUT2D eigenvalue weighted by molar-refractivity contribution is -0.132. The molecule has 1 aliphatic heterocycles. The van der Waals surface area contributed by atoms with E-state index < -0.39 is 0 Å². The number of aromatic nitrogens is 2. The first kappa shape index (κ1) is 19.1. The maximum atomic E-state index is 12.9. The predicted octanol–water partition coefficient (Wildman–Crippen LogP) is 3.16. The molecule has 2 aromatic carbocycles. The van der Waals surface area contributed by atoms with E-state index in [1.165, 1.54) is 0 Å². The van der Waals surface area contributed by atoms with Gasteiger partial charge in [0, 0.05) is 30.9 Å². The normalized spacial score (nSPS) is 16.6. The first-order chi connectivity index (χ1) is 14.2. The number of hydrogen-bond acceptors (Lipinski definition) is 5. The Bertz CT molecular complexity index is 1000. The number of carbonyl (C=O) groups excluding carboxylic acids is 1. The second kappa shape index (κ2) is 8.43. The van der Waals surface area contributed by atoms with Gasteiger partial charge in [-0.25, -0.2) is 4.98 Å². The summed E-state index contributed by atoms with van der Waals surface area (Å²) in [6, 6.07) is 13.9. The average molecular weight is 394 g/mol. The smallest absolute Gasteiger partial charge is 0.242 e. The van der Waals surface area contributed by atoms with Crippen molar-refractivity contribution in [3.05, 3.63) is 48.8 Å². The zero-order valence-corrected chi connectivity index (χ0v) is 16.8. The number of rotatable bonds is 6. The van der Waals surface area contributed by atoms with Crippen molar-refractivity contribution >= 4 is 22.6 Å². The highest BCUT2D eigenvalue weighted by Gasteiger charge is 2.24. The summed E-state index contributed by atoms with van der Waals surface area (Å²) in [5, 5.41) is 3.53. The van der Waals surface area contributed by atoms with Crippen LogP contribution in [0, 0.1) is 0 Å². The molecule has 4 rings (SSSR count). The van der Waals surface area contributed by atoms with E-state index in [0.717, 1.165) is 36.1 Å². The lowest BCUT2D eigenvalue weighted by Gasteiger charge is -2.34. The molecule has 7 nitrogen and oxygen atoms in total. The van der Waals surface area contributed by atoms with Crippen molar-refractivity contribution in [1.29, 1.82) is 0 Å². The molecule has 0 bridgehead atoms. The number of benzene rings is 2. The van der Waals surface area contributed by atoms with Crippen LogP contribution >= 0.6 is 0 Å². The third-order valence-corrected chi connectivity index (χ3v) is 5.36. The van der Waals surface area contributed by atoms with Crippen LogP contribution in [0.2, 0.25) is 0 Å². The van der Waals surface area contributed by atoms with Gasteiger partial charge in [-0.1, -0.05) is 12.1 Å². The number of nitrogens with zero attached hydrogens (tertiary/aromatic N) is 3. The second-order valence-electron chi connectivity index (χ2n) is 7.25. The van der Waals surface area contributed by atoms with Crippen LogP contribution in [0.3, 0.4) is 0 Å². The predicted molar refractivity (Wildman–Crippen MR) is 113 cm³/mol. The molecule has 1 atom stereocenters. The fraction of sp³-hybridized carbons (Fsp3) is 0.364. The van der Waals surface area contributed by atoms with Gasteiger partial charge >= 0.3 is 0 Å². The maximum Gasteiger partial charge on any atom is 0.242 e. The van der Waals surface area contributed by atoms with E-state index in [4.69, 9.17) is 9.47 Å². The van der Waals surface area contributed by atoms with Crippen LogP contribution in [0.4, 0.5) is 5.69 Å². The van der Waals surface area contributed by atoms with Gasteiger partial charge < -0.3 is 24.3 Å². The molecule has 1 amide bonds. The van der Waals surface area contributed by atoms with Gasteiger partial charge in [0.25, 0.3) is 0 Å². The highest BCUT2D eigenvalue weighted by atomic mass is 16.5. The Kier molecular flexibility index (Phi) is 5.55. The molecule has 0 radical (unpaired) electrons. The Morgan fingerprint density at radius 3 is 2.83 bits per heavy atom. The Morgan fingerprint density at radius 1 is 1.17 bits per heavy atom. The third kappa shape index (κ3) is 4.13. The van der Waals surface area contributed by atoms with Crippen molar-refractivity contribution in [3.8, 4) is 11.5 Å². The van der Waals surface area contributed by atoms with Crippen molar-refractivity contribution in [2.24, 2.45) is 0 Å². The van der Waals surface area contributed by atoms with E-state index in [-0.39, 0.29) is 11.9 Å². The largest absolute Gasteiger partial charge is 0.493 e. The summed E-state index contributed by atoms with van der Waals surface area (Å²) in [5.74, 6) is 1.51. The number of anilines is 1. The molecule has 1 aromatic heterocycles.